The molecule has 1 aromatic carbocycles. The number of esters is 1. The molecule has 86 valence electrons. The molecule has 0 heterocycles. The van der Waals surface area contributed by atoms with Gasteiger partial charge in [0.1, 0.15) is 0 Å². The van der Waals surface area contributed by atoms with E-state index in [0.717, 1.165) is 5.56 Å². The molecule has 1 rings (SSSR count). The molecule has 4 nitrogen and oxygen atoms in total. The van der Waals surface area contributed by atoms with Gasteiger partial charge in [0.25, 0.3) is 0 Å². The summed E-state index contributed by atoms with van der Waals surface area (Å²) in [4.78, 5) is 11.5. The van der Waals surface area contributed by atoms with Crippen molar-refractivity contribution >= 4 is 11.7 Å². The number of benzene rings is 1. The largest absolute Gasteiger partial charge is 0.464 e. The first-order valence-electron chi connectivity index (χ1n) is 4.90. The van der Waals surface area contributed by atoms with Crippen molar-refractivity contribution in [1.29, 1.82) is 0 Å². The Morgan fingerprint density at radius 3 is 2.31 bits per heavy atom. The summed E-state index contributed by atoms with van der Waals surface area (Å²) in [5.41, 5.74) is 0.178. The van der Waals surface area contributed by atoms with Crippen molar-refractivity contribution in [2.75, 3.05) is 7.11 Å². The summed E-state index contributed by atoms with van der Waals surface area (Å²) in [6, 6.07) is 9.35. The first-order chi connectivity index (χ1) is 7.54. The molecule has 0 aromatic heterocycles. The zero-order chi connectivity index (χ0) is 12.2. The van der Waals surface area contributed by atoms with E-state index in [1.165, 1.54) is 7.11 Å². The summed E-state index contributed by atoms with van der Waals surface area (Å²) < 4.78 is 4.58. The Kier molecular flexibility index (Phi) is 3.66. The van der Waals surface area contributed by atoms with Crippen molar-refractivity contribution in [2.45, 2.75) is 19.3 Å². The maximum atomic E-state index is 11.5. The third-order valence-corrected chi connectivity index (χ3v) is 2.57. The summed E-state index contributed by atoms with van der Waals surface area (Å²) >= 11 is 0. The zero-order valence-electron chi connectivity index (χ0n) is 9.60. The topological polar surface area (TPSA) is 58.9 Å². The third-order valence-electron chi connectivity index (χ3n) is 2.57. The fraction of sp³-hybridized carbons (Fsp3) is 0.333. The number of methoxy groups -OCH3 is 1. The van der Waals surface area contributed by atoms with Crippen molar-refractivity contribution in [2.24, 2.45) is 5.16 Å². The van der Waals surface area contributed by atoms with Gasteiger partial charge >= 0.3 is 5.97 Å². The van der Waals surface area contributed by atoms with E-state index in [4.69, 9.17) is 5.21 Å². The highest BCUT2D eigenvalue weighted by Gasteiger charge is 2.33. The monoisotopic (exact) mass is 221 g/mol. The molecule has 0 aliphatic rings. The van der Waals surface area contributed by atoms with Gasteiger partial charge in [-0.1, -0.05) is 35.5 Å². The molecular weight excluding hydrogens is 206 g/mol. The Bertz CT molecular complexity index is 396. The van der Waals surface area contributed by atoms with E-state index in [2.05, 4.69) is 9.89 Å². The minimum absolute atomic E-state index is 0.0128. The number of carbonyl (C=O) groups is 1. The van der Waals surface area contributed by atoms with Crippen LogP contribution in [0, 0.1) is 0 Å². The molecule has 0 aliphatic carbocycles. The van der Waals surface area contributed by atoms with Gasteiger partial charge in [-0.2, -0.15) is 0 Å². The molecule has 0 unspecified atom stereocenters. The van der Waals surface area contributed by atoms with E-state index in [9.17, 15) is 4.79 Å². The SMILES string of the molecule is COC(=O)/C(=N\O)C(C)(C)c1ccccc1. The van der Waals surface area contributed by atoms with Gasteiger partial charge in [0, 0.05) is 5.41 Å². The average Bonchev–Trinajstić information content (AvgIpc) is 2.30. The molecule has 0 bridgehead atoms. The predicted molar refractivity (Wildman–Crippen MR) is 60.7 cm³/mol. The molecule has 0 saturated carbocycles. The van der Waals surface area contributed by atoms with Crippen LogP contribution < -0.4 is 0 Å². The van der Waals surface area contributed by atoms with Crippen LogP contribution in [0.15, 0.2) is 35.5 Å². The second kappa shape index (κ2) is 4.79. The van der Waals surface area contributed by atoms with Crippen LogP contribution in [0.3, 0.4) is 0 Å². The molecule has 1 N–H and O–H groups in total. The van der Waals surface area contributed by atoms with Crippen LogP contribution >= 0.6 is 0 Å². The number of hydrogen-bond donors (Lipinski definition) is 1. The fourth-order valence-electron chi connectivity index (χ4n) is 1.51. The number of oxime groups is 1. The van der Waals surface area contributed by atoms with E-state index in [1.807, 2.05) is 30.3 Å². The first kappa shape index (κ1) is 12.2. The molecule has 16 heavy (non-hydrogen) atoms. The van der Waals surface area contributed by atoms with Crippen molar-refractivity contribution in [3.05, 3.63) is 35.9 Å². The van der Waals surface area contributed by atoms with E-state index in [1.54, 1.807) is 13.8 Å². The number of hydrogen-bond acceptors (Lipinski definition) is 4. The lowest BCUT2D eigenvalue weighted by Gasteiger charge is -2.24. The maximum Gasteiger partial charge on any atom is 0.356 e. The highest BCUT2D eigenvalue weighted by Crippen LogP contribution is 2.25. The molecule has 0 spiro atoms. The Morgan fingerprint density at radius 2 is 1.88 bits per heavy atom. The van der Waals surface area contributed by atoms with Crippen LogP contribution in [-0.2, 0) is 14.9 Å². The quantitative estimate of drug-likeness (QED) is 0.367. The smallest absolute Gasteiger partial charge is 0.356 e. The molecular formula is C12H15NO3. The molecule has 4 heteroatoms. The van der Waals surface area contributed by atoms with E-state index < -0.39 is 11.4 Å². The first-order valence-corrected chi connectivity index (χ1v) is 4.90. The number of nitrogens with zero attached hydrogens (tertiary/aromatic N) is 1. The Morgan fingerprint density at radius 1 is 1.31 bits per heavy atom. The lowest BCUT2D eigenvalue weighted by Crippen LogP contribution is -2.36. The van der Waals surface area contributed by atoms with Crippen LogP contribution in [0.1, 0.15) is 19.4 Å². The maximum absolute atomic E-state index is 11.5. The molecule has 1 aromatic rings. The molecule has 0 aliphatic heterocycles. The van der Waals surface area contributed by atoms with Gasteiger partial charge in [-0.3, -0.25) is 0 Å². The number of carbonyl (C=O) groups excluding carboxylic acids is 1. The number of ether oxygens (including phenoxy) is 1. The minimum atomic E-state index is -0.691. The van der Waals surface area contributed by atoms with Gasteiger partial charge in [0.2, 0.25) is 0 Å². The second-order valence-corrected chi connectivity index (χ2v) is 3.93. The second-order valence-electron chi connectivity index (χ2n) is 3.93. The number of rotatable bonds is 3. The third kappa shape index (κ3) is 2.21. The average molecular weight is 221 g/mol. The molecule has 0 amide bonds. The molecule has 0 saturated heterocycles. The minimum Gasteiger partial charge on any atom is -0.464 e. The van der Waals surface area contributed by atoms with Crippen LogP contribution in [0.4, 0.5) is 0 Å². The Hall–Kier alpha value is -1.84. The van der Waals surface area contributed by atoms with Crippen LogP contribution in [-0.4, -0.2) is 24.0 Å². The van der Waals surface area contributed by atoms with Gasteiger partial charge in [0.15, 0.2) is 5.71 Å². The lowest BCUT2D eigenvalue weighted by molar-refractivity contribution is -0.133. The van der Waals surface area contributed by atoms with Crippen LogP contribution in [0.5, 0.6) is 0 Å². The van der Waals surface area contributed by atoms with Crippen molar-refractivity contribution < 1.29 is 14.7 Å². The van der Waals surface area contributed by atoms with Crippen LogP contribution in [0.25, 0.3) is 0 Å². The highest BCUT2D eigenvalue weighted by atomic mass is 16.5. The fourth-order valence-corrected chi connectivity index (χ4v) is 1.51. The lowest BCUT2D eigenvalue weighted by atomic mass is 9.80. The zero-order valence-corrected chi connectivity index (χ0v) is 9.60. The Balaban J connectivity index is 3.15. The van der Waals surface area contributed by atoms with Gasteiger partial charge in [-0.15, -0.1) is 0 Å². The van der Waals surface area contributed by atoms with Crippen molar-refractivity contribution in [3.8, 4) is 0 Å². The highest BCUT2D eigenvalue weighted by molar-refractivity contribution is 6.39. The normalized spacial score (nSPS) is 12.3. The van der Waals surface area contributed by atoms with Gasteiger partial charge in [-0.25, -0.2) is 4.79 Å². The van der Waals surface area contributed by atoms with Gasteiger partial charge in [-0.05, 0) is 19.4 Å². The summed E-state index contributed by atoms with van der Waals surface area (Å²) in [7, 11) is 1.26. The van der Waals surface area contributed by atoms with E-state index in [0.29, 0.717) is 0 Å². The summed E-state index contributed by atoms with van der Waals surface area (Å²) in [5, 5.41) is 12.0. The van der Waals surface area contributed by atoms with Gasteiger partial charge < -0.3 is 9.94 Å². The molecule has 0 radical (unpaired) electrons. The molecule has 0 atom stereocenters. The van der Waals surface area contributed by atoms with E-state index >= 15 is 0 Å². The standard InChI is InChI=1S/C12H15NO3/c1-12(2,9-7-5-4-6-8-9)10(13-15)11(14)16-3/h4-8,15H,1-3H3/b13-10+. The van der Waals surface area contributed by atoms with E-state index in [-0.39, 0.29) is 5.71 Å². The van der Waals surface area contributed by atoms with Crippen LogP contribution in [0.2, 0.25) is 0 Å². The van der Waals surface area contributed by atoms with Gasteiger partial charge in [0.05, 0.1) is 7.11 Å². The Labute approximate surface area is 94.5 Å². The molecule has 0 fully saturated rings. The van der Waals surface area contributed by atoms with Crippen molar-refractivity contribution in [3.63, 3.8) is 0 Å². The van der Waals surface area contributed by atoms with Crippen molar-refractivity contribution in [1.82, 2.24) is 0 Å². The summed E-state index contributed by atoms with van der Waals surface area (Å²) in [6.45, 7) is 3.60. The summed E-state index contributed by atoms with van der Waals surface area (Å²) in [6.07, 6.45) is 0. The predicted octanol–water partition coefficient (Wildman–Crippen LogP) is 1.97. The summed E-state index contributed by atoms with van der Waals surface area (Å²) in [5.74, 6) is -0.628.